The van der Waals surface area contributed by atoms with E-state index < -0.39 is 0 Å². The number of fused-ring (bicyclic) bond motifs is 1. The molecular formula is C16H16N6. The second kappa shape index (κ2) is 4.84. The second-order valence-corrected chi connectivity index (χ2v) is 5.34. The Morgan fingerprint density at radius 1 is 1.14 bits per heavy atom. The van der Waals surface area contributed by atoms with Crippen LogP contribution in [0.4, 0.5) is 5.69 Å². The fourth-order valence-electron chi connectivity index (χ4n) is 2.60. The van der Waals surface area contributed by atoms with Crippen LogP contribution in [0.25, 0.3) is 17.0 Å². The van der Waals surface area contributed by atoms with Crippen molar-refractivity contribution in [2.45, 2.75) is 6.92 Å². The second-order valence-electron chi connectivity index (χ2n) is 5.34. The van der Waals surface area contributed by atoms with Crippen LogP contribution in [0.15, 0.2) is 41.4 Å². The Bertz CT molecular complexity index is 876. The zero-order valence-corrected chi connectivity index (χ0v) is 12.2. The molecule has 110 valence electrons. The first-order valence-corrected chi connectivity index (χ1v) is 7.23. The molecule has 0 atom stereocenters. The molecule has 1 aliphatic rings. The number of nitrogens with two attached hydrogens (primary N) is 1. The lowest BCUT2D eigenvalue weighted by molar-refractivity contribution is 0.915. The average Bonchev–Trinajstić information content (AvgIpc) is 3.18. The molecule has 0 fully saturated rings. The summed E-state index contributed by atoms with van der Waals surface area (Å²) in [6.45, 7) is 3.69. The van der Waals surface area contributed by atoms with Crippen molar-refractivity contribution in [1.82, 2.24) is 19.9 Å². The van der Waals surface area contributed by atoms with Gasteiger partial charge in [-0.1, -0.05) is 0 Å². The van der Waals surface area contributed by atoms with Gasteiger partial charge in [-0.05, 0) is 43.3 Å². The van der Waals surface area contributed by atoms with E-state index in [0.29, 0.717) is 5.82 Å². The van der Waals surface area contributed by atoms with Crippen molar-refractivity contribution < 1.29 is 0 Å². The van der Waals surface area contributed by atoms with Crippen molar-refractivity contribution in [3.63, 3.8) is 0 Å². The Balaban J connectivity index is 1.90. The molecule has 6 nitrogen and oxygen atoms in total. The van der Waals surface area contributed by atoms with Gasteiger partial charge in [0.05, 0.1) is 12.1 Å². The number of nitrogen functional groups attached to an aromatic ring is 1. The van der Waals surface area contributed by atoms with Crippen molar-refractivity contribution in [2.75, 3.05) is 18.8 Å². The number of anilines is 1. The van der Waals surface area contributed by atoms with Crippen molar-refractivity contribution >= 4 is 17.2 Å². The van der Waals surface area contributed by atoms with E-state index in [1.807, 2.05) is 47.8 Å². The first kappa shape index (κ1) is 12.8. The van der Waals surface area contributed by atoms with Crippen molar-refractivity contribution in [3.8, 4) is 11.4 Å². The highest BCUT2D eigenvalue weighted by molar-refractivity contribution is 6.04. The van der Waals surface area contributed by atoms with Crippen LogP contribution >= 0.6 is 0 Å². The quantitative estimate of drug-likeness (QED) is 0.704. The number of rotatable bonds is 2. The van der Waals surface area contributed by atoms with Gasteiger partial charge in [-0.15, -0.1) is 5.10 Å². The van der Waals surface area contributed by atoms with Crippen LogP contribution in [0, 0.1) is 6.92 Å². The smallest absolute Gasteiger partial charge is 0.182 e. The van der Waals surface area contributed by atoms with Crippen LogP contribution in [0.1, 0.15) is 11.3 Å². The van der Waals surface area contributed by atoms with Gasteiger partial charge in [-0.3, -0.25) is 4.99 Å². The number of aryl methyl sites for hydroxylation is 1. The molecule has 1 aliphatic heterocycles. The number of benzene rings is 1. The monoisotopic (exact) mass is 292 g/mol. The summed E-state index contributed by atoms with van der Waals surface area (Å²) in [6, 6.07) is 11.7. The summed E-state index contributed by atoms with van der Waals surface area (Å²) in [5, 5.41) is 7.92. The third-order valence-electron chi connectivity index (χ3n) is 3.77. The lowest BCUT2D eigenvalue weighted by Gasteiger charge is -2.05. The number of hydrogen-bond donors (Lipinski definition) is 2. The van der Waals surface area contributed by atoms with Crippen LogP contribution in [-0.2, 0) is 0 Å². The lowest BCUT2D eigenvalue weighted by atomic mass is 10.2. The summed E-state index contributed by atoms with van der Waals surface area (Å²) >= 11 is 0. The fraction of sp³-hybridized carbons (Fsp3) is 0.188. The van der Waals surface area contributed by atoms with E-state index >= 15 is 0 Å². The van der Waals surface area contributed by atoms with Crippen molar-refractivity contribution in [2.24, 2.45) is 4.99 Å². The Morgan fingerprint density at radius 3 is 2.68 bits per heavy atom. The molecule has 1 aromatic carbocycles. The third kappa shape index (κ3) is 2.00. The summed E-state index contributed by atoms with van der Waals surface area (Å²) in [5.41, 5.74) is 10.3. The SMILES string of the molecule is Cc1ccc(C2=NCCN2)c2nc(-c3ccc(N)cc3)nn12. The average molecular weight is 292 g/mol. The predicted octanol–water partition coefficient (Wildman–Crippen LogP) is 1.64. The number of aliphatic imine (C=N–C) groups is 1. The van der Waals surface area contributed by atoms with Gasteiger partial charge in [0.1, 0.15) is 5.84 Å². The zero-order chi connectivity index (χ0) is 15.1. The zero-order valence-electron chi connectivity index (χ0n) is 12.2. The predicted molar refractivity (Wildman–Crippen MR) is 87.0 cm³/mol. The van der Waals surface area contributed by atoms with Crippen LogP contribution in [-0.4, -0.2) is 33.5 Å². The first-order valence-electron chi connectivity index (χ1n) is 7.23. The molecule has 0 amide bonds. The van der Waals surface area contributed by atoms with E-state index in [2.05, 4.69) is 15.4 Å². The molecule has 0 aliphatic carbocycles. The van der Waals surface area contributed by atoms with Crippen LogP contribution in [0.3, 0.4) is 0 Å². The minimum Gasteiger partial charge on any atom is -0.399 e. The molecule has 0 spiro atoms. The van der Waals surface area contributed by atoms with Crippen LogP contribution < -0.4 is 11.1 Å². The minimum absolute atomic E-state index is 0.689. The molecule has 4 rings (SSSR count). The minimum atomic E-state index is 0.689. The van der Waals surface area contributed by atoms with Gasteiger partial charge in [-0.25, -0.2) is 9.50 Å². The first-order chi connectivity index (χ1) is 10.7. The number of nitrogens with one attached hydrogen (secondary N) is 1. The number of pyridine rings is 1. The van der Waals surface area contributed by atoms with E-state index in [1.54, 1.807) is 0 Å². The van der Waals surface area contributed by atoms with Crippen LogP contribution in [0.5, 0.6) is 0 Å². The molecular weight excluding hydrogens is 276 g/mol. The number of nitrogens with zero attached hydrogens (tertiary/aromatic N) is 4. The van der Waals surface area contributed by atoms with E-state index in [-0.39, 0.29) is 0 Å². The van der Waals surface area contributed by atoms with Gasteiger partial charge in [0, 0.05) is 23.5 Å². The van der Waals surface area contributed by atoms with Gasteiger partial charge < -0.3 is 11.1 Å². The standard InChI is InChI=1S/C16H16N6/c1-10-2-7-13(15-18-8-9-19-15)16-20-14(21-22(10)16)11-3-5-12(17)6-4-11/h2-7H,8-9,17H2,1H3,(H,18,19). The van der Waals surface area contributed by atoms with Gasteiger partial charge in [-0.2, -0.15) is 0 Å². The highest BCUT2D eigenvalue weighted by Crippen LogP contribution is 2.21. The highest BCUT2D eigenvalue weighted by Gasteiger charge is 2.16. The maximum atomic E-state index is 5.74. The molecule has 3 aromatic rings. The van der Waals surface area contributed by atoms with E-state index in [9.17, 15) is 0 Å². The topological polar surface area (TPSA) is 80.6 Å². The molecule has 0 bridgehead atoms. The highest BCUT2D eigenvalue weighted by atomic mass is 15.3. The third-order valence-corrected chi connectivity index (χ3v) is 3.77. The van der Waals surface area contributed by atoms with Crippen LogP contribution in [0.2, 0.25) is 0 Å². The maximum absolute atomic E-state index is 5.74. The van der Waals surface area contributed by atoms with E-state index in [0.717, 1.165) is 47.1 Å². The van der Waals surface area contributed by atoms with Gasteiger partial charge in [0.2, 0.25) is 0 Å². The molecule has 0 unspecified atom stereocenters. The van der Waals surface area contributed by atoms with Gasteiger partial charge >= 0.3 is 0 Å². The Kier molecular flexibility index (Phi) is 2.82. The summed E-state index contributed by atoms with van der Waals surface area (Å²) in [5.74, 6) is 1.58. The maximum Gasteiger partial charge on any atom is 0.182 e. The van der Waals surface area contributed by atoms with Crippen molar-refractivity contribution in [1.29, 1.82) is 0 Å². The fourth-order valence-corrected chi connectivity index (χ4v) is 2.60. The molecule has 0 saturated heterocycles. The lowest BCUT2D eigenvalue weighted by Crippen LogP contribution is -2.20. The number of amidine groups is 1. The Hall–Kier alpha value is -2.89. The largest absolute Gasteiger partial charge is 0.399 e. The summed E-state index contributed by atoms with van der Waals surface area (Å²) < 4.78 is 1.86. The number of hydrogen-bond acceptors (Lipinski definition) is 5. The van der Waals surface area contributed by atoms with E-state index in [4.69, 9.17) is 10.7 Å². The molecule has 3 heterocycles. The van der Waals surface area contributed by atoms with Gasteiger partial charge in [0.15, 0.2) is 11.5 Å². The molecule has 6 heteroatoms. The van der Waals surface area contributed by atoms with Gasteiger partial charge in [0.25, 0.3) is 0 Å². The van der Waals surface area contributed by atoms with E-state index in [1.165, 1.54) is 0 Å². The molecule has 2 aromatic heterocycles. The Morgan fingerprint density at radius 2 is 1.95 bits per heavy atom. The van der Waals surface area contributed by atoms with Crippen molar-refractivity contribution in [3.05, 3.63) is 47.7 Å². The summed E-state index contributed by atoms with van der Waals surface area (Å²) in [7, 11) is 0. The summed E-state index contributed by atoms with van der Waals surface area (Å²) in [6.07, 6.45) is 0. The Labute approximate surface area is 127 Å². The molecule has 3 N–H and O–H groups in total. The molecule has 0 saturated carbocycles. The number of aromatic nitrogens is 3. The molecule has 0 radical (unpaired) electrons. The normalized spacial score (nSPS) is 14.1. The summed E-state index contributed by atoms with van der Waals surface area (Å²) in [4.78, 5) is 9.20. The molecule has 22 heavy (non-hydrogen) atoms.